The Morgan fingerprint density at radius 3 is 2.39 bits per heavy atom. The Morgan fingerprint density at radius 1 is 1.07 bits per heavy atom. The summed E-state index contributed by atoms with van der Waals surface area (Å²) in [7, 11) is 1.41. The van der Waals surface area contributed by atoms with Crippen molar-refractivity contribution in [1.82, 2.24) is 9.80 Å². The van der Waals surface area contributed by atoms with Crippen molar-refractivity contribution in [3.8, 4) is 11.5 Å². The van der Waals surface area contributed by atoms with E-state index in [-0.39, 0.29) is 35.3 Å². The number of aryl methyl sites for hydroxylation is 1. The number of aromatic hydroxyl groups is 1. The molecule has 1 N–H and O–H groups in total. The summed E-state index contributed by atoms with van der Waals surface area (Å²) in [5, 5.41) is 9.84. The normalized spacial score (nSPS) is 14.1. The molecule has 0 saturated carbocycles. The Bertz CT molecular complexity index is 863. The van der Waals surface area contributed by atoms with E-state index in [0.29, 0.717) is 32.6 Å². The van der Waals surface area contributed by atoms with E-state index in [0.717, 1.165) is 5.56 Å². The Labute approximate surface area is 163 Å². The molecule has 7 heteroatoms. The van der Waals surface area contributed by atoms with Crippen molar-refractivity contribution in [2.24, 2.45) is 0 Å². The number of methoxy groups -OCH3 is 1. The molecule has 2 aromatic rings. The molecule has 1 fully saturated rings. The highest BCUT2D eigenvalue weighted by Gasteiger charge is 2.25. The quantitative estimate of drug-likeness (QED) is 0.857. The molecule has 148 valence electrons. The van der Waals surface area contributed by atoms with Gasteiger partial charge in [-0.2, -0.15) is 0 Å². The summed E-state index contributed by atoms with van der Waals surface area (Å²) in [5.41, 5.74) is 1.00. The lowest BCUT2D eigenvalue weighted by atomic mass is 10.1. The molecule has 2 aromatic carbocycles. The fourth-order valence-electron chi connectivity index (χ4n) is 3.26. The third-order valence-electron chi connectivity index (χ3n) is 4.90. The van der Waals surface area contributed by atoms with E-state index in [2.05, 4.69) is 0 Å². The van der Waals surface area contributed by atoms with Gasteiger partial charge in [-0.1, -0.05) is 18.2 Å². The van der Waals surface area contributed by atoms with E-state index in [1.54, 1.807) is 40.1 Å². The minimum atomic E-state index is -0.441. The number of rotatable bonds is 5. The van der Waals surface area contributed by atoms with Crippen molar-refractivity contribution >= 4 is 11.8 Å². The molecule has 1 heterocycles. The first kappa shape index (κ1) is 19.7. The van der Waals surface area contributed by atoms with Gasteiger partial charge in [-0.15, -0.1) is 0 Å². The standard InChI is InChI=1S/C21H23FN2O4/c1-28-19-8-6-15(14-17(19)22)7-9-20(26)23-10-12-24(13-11-23)21(27)16-4-2-3-5-18(16)25/h2-6,8,14,25H,7,9-13H2,1H3. The van der Waals surface area contributed by atoms with Gasteiger partial charge >= 0.3 is 0 Å². The molecular formula is C21H23FN2O4. The molecule has 0 aliphatic carbocycles. The van der Waals surface area contributed by atoms with Crippen LogP contribution in [0.4, 0.5) is 4.39 Å². The lowest BCUT2D eigenvalue weighted by Crippen LogP contribution is -2.50. The fraction of sp³-hybridized carbons (Fsp3) is 0.333. The van der Waals surface area contributed by atoms with Crippen LogP contribution in [0.2, 0.25) is 0 Å². The summed E-state index contributed by atoms with van der Waals surface area (Å²) in [4.78, 5) is 28.3. The zero-order valence-electron chi connectivity index (χ0n) is 15.7. The monoisotopic (exact) mass is 386 g/mol. The Hall–Kier alpha value is -3.09. The minimum Gasteiger partial charge on any atom is -0.507 e. The number of ether oxygens (including phenoxy) is 1. The van der Waals surface area contributed by atoms with Crippen LogP contribution in [-0.2, 0) is 11.2 Å². The summed E-state index contributed by atoms with van der Waals surface area (Å²) >= 11 is 0. The molecule has 0 unspecified atom stereocenters. The second kappa shape index (κ2) is 8.73. The lowest BCUT2D eigenvalue weighted by Gasteiger charge is -2.35. The van der Waals surface area contributed by atoms with E-state index >= 15 is 0 Å². The Morgan fingerprint density at radius 2 is 1.75 bits per heavy atom. The van der Waals surface area contributed by atoms with Crippen LogP contribution in [0, 0.1) is 5.82 Å². The van der Waals surface area contributed by atoms with Crippen LogP contribution in [0.5, 0.6) is 11.5 Å². The van der Waals surface area contributed by atoms with Gasteiger partial charge in [0.2, 0.25) is 5.91 Å². The number of carbonyl (C=O) groups is 2. The van der Waals surface area contributed by atoms with Crippen molar-refractivity contribution in [3.63, 3.8) is 0 Å². The average molecular weight is 386 g/mol. The molecule has 0 bridgehead atoms. The van der Waals surface area contributed by atoms with Gasteiger partial charge in [-0.3, -0.25) is 9.59 Å². The first-order chi connectivity index (χ1) is 13.5. The number of nitrogens with zero attached hydrogens (tertiary/aromatic N) is 2. The van der Waals surface area contributed by atoms with Gasteiger partial charge in [-0.25, -0.2) is 4.39 Å². The number of para-hydroxylation sites is 1. The molecule has 1 aliphatic heterocycles. The lowest BCUT2D eigenvalue weighted by molar-refractivity contribution is -0.132. The molecule has 0 radical (unpaired) electrons. The second-order valence-electron chi connectivity index (χ2n) is 6.66. The van der Waals surface area contributed by atoms with Crippen LogP contribution >= 0.6 is 0 Å². The summed E-state index contributed by atoms with van der Waals surface area (Å²) in [5.74, 6) is -0.563. The van der Waals surface area contributed by atoms with Crippen LogP contribution in [0.3, 0.4) is 0 Å². The Kier molecular flexibility index (Phi) is 6.13. The van der Waals surface area contributed by atoms with Gasteiger partial charge in [0.25, 0.3) is 5.91 Å². The molecule has 28 heavy (non-hydrogen) atoms. The summed E-state index contributed by atoms with van der Waals surface area (Å²) in [6, 6.07) is 11.1. The average Bonchev–Trinajstić information content (AvgIpc) is 2.72. The topological polar surface area (TPSA) is 70.1 Å². The summed E-state index contributed by atoms with van der Waals surface area (Å²) in [6.45, 7) is 1.70. The van der Waals surface area contributed by atoms with E-state index in [1.165, 1.54) is 19.2 Å². The number of halogens is 1. The first-order valence-corrected chi connectivity index (χ1v) is 9.17. The van der Waals surface area contributed by atoms with Gasteiger partial charge in [0.15, 0.2) is 11.6 Å². The van der Waals surface area contributed by atoms with E-state index in [9.17, 15) is 19.1 Å². The SMILES string of the molecule is COc1ccc(CCC(=O)N2CCN(C(=O)c3ccccc3O)CC2)cc1F. The summed E-state index contributed by atoms with van der Waals surface area (Å²) < 4.78 is 18.6. The number of phenolic OH excluding ortho intramolecular Hbond substituents is 1. The maximum absolute atomic E-state index is 13.7. The molecule has 3 rings (SSSR count). The molecule has 2 amide bonds. The van der Waals surface area contributed by atoms with E-state index < -0.39 is 5.82 Å². The van der Waals surface area contributed by atoms with Crippen molar-refractivity contribution in [1.29, 1.82) is 0 Å². The van der Waals surface area contributed by atoms with Crippen molar-refractivity contribution in [2.75, 3.05) is 33.3 Å². The predicted molar refractivity (Wildman–Crippen MR) is 102 cm³/mol. The van der Waals surface area contributed by atoms with Gasteiger partial charge in [0.05, 0.1) is 12.7 Å². The van der Waals surface area contributed by atoms with Gasteiger partial charge < -0.3 is 19.6 Å². The number of piperazine rings is 1. The van der Waals surface area contributed by atoms with E-state index in [1.807, 2.05) is 0 Å². The molecule has 0 spiro atoms. The van der Waals surface area contributed by atoms with Crippen LogP contribution in [0.25, 0.3) is 0 Å². The van der Waals surface area contributed by atoms with Crippen molar-refractivity contribution in [2.45, 2.75) is 12.8 Å². The smallest absolute Gasteiger partial charge is 0.257 e. The minimum absolute atomic E-state index is 0.0223. The zero-order valence-corrected chi connectivity index (χ0v) is 15.7. The predicted octanol–water partition coefficient (Wildman–Crippen LogP) is 2.46. The highest BCUT2D eigenvalue weighted by Crippen LogP contribution is 2.20. The third kappa shape index (κ3) is 4.42. The maximum atomic E-state index is 13.7. The van der Waals surface area contributed by atoms with Crippen molar-refractivity contribution < 1.29 is 23.8 Å². The van der Waals surface area contributed by atoms with Crippen LogP contribution in [0.1, 0.15) is 22.3 Å². The highest BCUT2D eigenvalue weighted by atomic mass is 19.1. The molecular weight excluding hydrogens is 363 g/mol. The van der Waals surface area contributed by atoms with Crippen LogP contribution < -0.4 is 4.74 Å². The van der Waals surface area contributed by atoms with Gasteiger partial charge in [0.1, 0.15) is 5.75 Å². The molecule has 0 aromatic heterocycles. The molecule has 1 saturated heterocycles. The molecule has 0 atom stereocenters. The third-order valence-corrected chi connectivity index (χ3v) is 4.90. The second-order valence-corrected chi connectivity index (χ2v) is 6.66. The highest BCUT2D eigenvalue weighted by molar-refractivity contribution is 5.97. The number of hydrogen-bond acceptors (Lipinski definition) is 4. The van der Waals surface area contributed by atoms with Gasteiger partial charge in [0, 0.05) is 32.6 Å². The van der Waals surface area contributed by atoms with Crippen LogP contribution in [0.15, 0.2) is 42.5 Å². The summed E-state index contributed by atoms with van der Waals surface area (Å²) in [6.07, 6.45) is 0.718. The number of amides is 2. The number of benzene rings is 2. The number of hydrogen-bond donors (Lipinski definition) is 1. The largest absolute Gasteiger partial charge is 0.507 e. The number of phenols is 1. The molecule has 6 nitrogen and oxygen atoms in total. The fourth-order valence-corrected chi connectivity index (χ4v) is 3.26. The van der Waals surface area contributed by atoms with Gasteiger partial charge in [-0.05, 0) is 36.2 Å². The van der Waals surface area contributed by atoms with Crippen molar-refractivity contribution in [3.05, 3.63) is 59.4 Å². The number of carbonyl (C=O) groups excluding carboxylic acids is 2. The Balaban J connectivity index is 1.50. The molecule has 1 aliphatic rings. The first-order valence-electron chi connectivity index (χ1n) is 9.17. The zero-order chi connectivity index (χ0) is 20.1. The van der Waals surface area contributed by atoms with E-state index in [4.69, 9.17) is 4.74 Å². The van der Waals surface area contributed by atoms with Crippen LogP contribution in [-0.4, -0.2) is 60.0 Å². The maximum Gasteiger partial charge on any atom is 0.257 e.